The summed E-state index contributed by atoms with van der Waals surface area (Å²) in [7, 11) is -0.940. The van der Waals surface area contributed by atoms with E-state index in [-0.39, 0.29) is 0 Å². The summed E-state index contributed by atoms with van der Waals surface area (Å²) in [5.74, 6) is 0. The quantitative estimate of drug-likeness (QED) is 0.443. The van der Waals surface area contributed by atoms with Crippen molar-refractivity contribution in [1.29, 1.82) is 0 Å². The molecule has 4 aromatic rings. The zero-order valence-corrected chi connectivity index (χ0v) is 19.0. The fourth-order valence-corrected chi connectivity index (χ4v) is 12.3. The highest BCUT2D eigenvalue weighted by molar-refractivity contribution is 7.06. The van der Waals surface area contributed by atoms with Crippen LogP contribution in [0.3, 0.4) is 0 Å². The number of benzene rings is 4. The predicted molar refractivity (Wildman–Crippen MR) is 129 cm³/mol. The van der Waals surface area contributed by atoms with Crippen LogP contribution in [0.1, 0.15) is 0 Å². The zero-order chi connectivity index (χ0) is 20.1. The third-order valence-electron chi connectivity index (χ3n) is 5.77. The Hall–Kier alpha value is -2.73. The second-order valence-electron chi connectivity index (χ2n) is 7.44. The summed E-state index contributed by atoms with van der Waals surface area (Å²) in [4.78, 5) is 0. The van der Waals surface area contributed by atoms with Crippen molar-refractivity contribution < 1.29 is 0 Å². The Morgan fingerprint density at radius 1 is 0.517 bits per heavy atom. The molecule has 0 amide bonds. The van der Waals surface area contributed by atoms with Gasteiger partial charge in [-0.05, 0) is 34.3 Å². The summed E-state index contributed by atoms with van der Waals surface area (Å²) >= 11 is 0. The molecule has 0 saturated heterocycles. The smallest absolute Gasteiger partial charge is 0.202 e. The minimum atomic E-state index is -2.16. The van der Waals surface area contributed by atoms with Crippen molar-refractivity contribution in [3.63, 3.8) is 0 Å². The van der Waals surface area contributed by atoms with Gasteiger partial charge in [0.2, 0.25) is 8.96 Å². The largest absolute Gasteiger partial charge is 0.335 e. The lowest BCUT2D eigenvalue weighted by Gasteiger charge is -2.42. The summed E-state index contributed by atoms with van der Waals surface area (Å²) in [5, 5.41) is 5.75. The maximum atomic E-state index is 2.74. The van der Waals surface area contributed by atoms with Crippen LogP contribution in [-0.4, -0.2) is 28.5 Å². The van der Waals surface area contributed by atoms with Crippen LogP contribution in [0.2, 0.25) is 6.55 Å². The lowest BCUT2D eigenvalue weighted by Crippen LogP contribution is -2.74. The van der Waals surface area contributed by atoms with E-state index in [2.05, 4.69) is 139 Å². The molecule has 3 heteroatoms. The van der Waals surface area contributed by atoms with Crippen LogP contribution in [0.25, 0.3) is 0 Å². The molecule has 0 aliphatic rings. The molecule has 29 heavy (non-hydrogen) atoms. The predicted octanol–water partition coefficient (Wildman–Crippen LogP) is 3.11. The van der Waals surface area contributed by atoms with Crippen LogP contribution in [-0.2, 0) is 0 Å². The van der Waals surface area contributed by atoms with Crippen LogP contribution in [0, 0.1) is 0 Å². The van der Waals surface area contributed by atoms with E-state index in [1.165, 1.54) is 20.7 Å². The fraction of sp³-hybridized carbons (Fsp3) is 0.0769. The van der Waals surface area contributed by atoms with E-state index in [1.54, 1.807) is 0 Å². The van der Waals surface area contributed by atoms with Crippen LogP contribution in [0.4, 0.5) is 0 Å². The highest BCUT2D eigenvalue weighted by Gasteiger charge is 2.41. The maximum absolute atomic E-state index is 2.74. The topological polar surface area (TPSA) is 3.24 Å². The molecule has 143 valence electrons. The van der Waals surface area contributed by atoms with Crippen LogP contribution < -0.4 is 20.7 Å². The van der Waals surface area contributed by atoms with E-state index in [1.807, 2.05) is 0 Å². The monoisotopic (exact) mass is 408 g/mol. The molecule has 1 nitrogen and oxygen atoms in total. The molecule has 0 bridgehead atoms. The molecule has 4 aromatic carbocycles. The first kappa shape index (κ1) is 19.6. The molecule has 0 N–H and O–H groups in total. The van der Waals surface area contributed by atoms with E-state index >= 15 is 0 Å². The SMILES string of the molecule is CN([Si](c1ccccc1)c1ccccc1)[Si](C)(c1ccccc1)c1ccccc1. The van der Waals surface area contributed by atoms with Crippen LogP contribution in [0.5, 0.6) is 0 Å². The van der Waals surface area contributed by atoms with Crippen molar-refractivity contribution in [3.05, 3.63) is 121 Å². The van der Waals surface area contributed by atoms with Gasteiger partial charge in [0.05, 0.1) is 0 Å². The fourth-order valence-electron chi connectivity index (χ4n) is 4.05. The van der Waals surface area contributed by atoms with Gasteiger partial charge in [-0.2, -0.15) is 0 Å². The molecular weight excluding hydrogens is 382 g/mol. The zero-order valence-electron chi connectivity index (χ0n) is 17.0. The number of rotatable bonds is 6. The molecule has 0 aliphatic heterocycles. The van der Waals surface area contributed by atoms with Gasteiger partial charge in [0.1, 0.15) is 0 Å². The third-order valence-corrected chi connectivity index (χ3v) is 14.5. The Balaban J connectivity index is 1.91. The molecular formula is C26H26NSi2. The Morgan fingerprint density at radius 2 is 0.828 bits per heavy atom. The summed E-state index contributed by atoms with van der Waals surface area (Å²) in [6.07, 6.45) is 0. The number of hydrogen-bond acceptors (Lipinski definition) is 1. The van der Waals surface area contributed by atoms with Gasteiger partial charge in [0, 0.05) is 0 Å². The maximum Gasteiger partial charge on any atom is 0.202 e. The van der Waals surface area contributed by atoms with E-state index in [0.717, 1.165) is 0 Å². The summed E-state index contributed by atoms with van der Waals surface area (Å²) in [6, 6.07) is 44.2. The van der Waals surface area contributed by atoms with Gasteiger partial charge < -0.3 is 4.23 Å². The number of nitrogens with zero attached hydrogens (tertiary/aromatic N) is 1. The molecule has 1 radical (unpaired) electrons. The van der Waals surface area contributed by atoms with Gasteiger partial charge in [-0.15, -0.1) is 0 Å². The molecule has 0 aliphatic carbocycles. The first-order chi connectivity index (χ1) is 14.2. The molecule has 0 spiro atoms. The lowest BCUT2D eigenvalue weighted by molar-refractivity contribution is 0.812. The standard InChI is InChI=1S/C26H26NSi2/c1-27(28(23-15-7-3-8-16-23)24-17-9-4-10-18-24)29(2,25-19-11-5-12-20-25)26-21-13-6-14-22-26/h3-22H,1-2H3. The molecule has 0 aromatic heterocycles. The van der Waals surface area contributed by atoms with Crippen molar-refractivity contribution in [3.8, 4) is 0 Å². The lowest BCUT2D eigenvalue weighted by atomic mass is 10.4. The van der Waals surface area contributed by atoms with E-state index in [0.29, 0.717) is 0 Å². The highest BCUT2D eigenvalue weighted by Crippen LogP contribution is 2.13. The van der Waals surface area contributed by atoms with Gasteiger partial charge in [0.15, 0.2) is 8.24 Å². The number of hydrogen-bond donors (Lipinski definition) is 0. The molecule has 0 heterocycles. The van der Waals surface area contributed by atoms with Crippen LogP contribution in [0.15, 0.2) is 121 Å². The Labute approximate surface area is 177 Å². The van der Waals surface area contributed by atoms with Gasteiger partial charge in [-0.3, -0.25) is 0 Å². The Kier molecular flexibility index (Phi) is 5.90. The summed E-state index contributed by atoms with van der Waals surface area (Å²) < 4.78 is 2.74. The Morgan fingerprint density at radius 3 is 1.17 bits per heavy atom. The van der Waals surface area contributed by atoms with E-state index in [9.17, 15) is 0 Å². The van der Waals surface area contributed by atoms with E-state index in [4.69, 9.17) is 0 Å². The average Bonchev–Trinajstić information content (AvgIpc) is 2.81. The Bertz CT molecular complexity index is 942. The normalized spacial score (nSPS) is 11.7. The minimum Gasteiger partial charge on any atom is -0.335 e. The average molecular weight is 409 g/mol. The summed E-state index contributed by atoms with van der Waals surface area (Å²) in [6.45, 7) is 2.49. The molecule has 4 rings (SSSR count). The van der Waals surface area contributed by atoms with Crippen molar-refractivity contribution in [2.24, 2.45) is 0 Å². The van der Waals surface area contributed by atoms with E-state index < -0.39 is 17.2 Å². The van der Waals surface area contributed by atoms with Gasteiger partial charge in [0.25, 0.3) is 0 Å². The van der Waals surface area contributed by atoms with Crippen molar-refractivity contribution in [1.82, 2.24) is 4.23 Å². The van der Waals surface area contributed by atoms with Gasteiger partial charge in [-0.25, -0.2) is 0 Å². The van der Waals surface area contributed by atoms with Crippen molar-refractivity contribution in [2.45, 2.75) is 6.55 Å². The van der Waals surface area contributed by atoms with Gasteiger partial charge in [-0.1, -0.05) is 121 Å². The molecule has 0 unspecified atom stereocenters. The first-order valence-corrected chi connectivity index (χ1v) is 13.9. The molecule has 0 saturated carbocycles. The van der Waals surface area contributed by atoms with Crippen molar-refractivity contribution >= 4 is 37.9 Å². The van der Waals surface area contributed by atoms with Gasteiger partial charge >= 0.3 is 0 Å². The second-order valence-corrected chi connectivity index (χ2v) is 14.4. The summed E-state index contributed by atoms with van der Waals surface area (Å²) in [5.41, 5.74) is 0. The minimum absolute atomic E-state index is 1.13. The first-order valence-electron chi connectivity index (χ1n) is 10.0. The molecule has 0 fully saturated rings. The van der Waals surface area contributed by atoms with Crippen molar-refractivity contribution in [2.75, 3.05) is 7.05 Å². The highest BCUT2D eigenvalue weighted by atomic mass is 28.4. The van der Waals surface area contributed by atoms with Crippen LogP contribution >= 0.6 is 0 Å². The second kappa shape index (κ2) is 8.74. The molecule has 0 atom stereocenters. The third kappa shape index (κ3) is 3.90.